The molecule has 0 radical (unpaired) electrons. The van der Waals surface area contributed by atoms with Crippen LogP contribution < -0.4 is 25.4 Å². The first kappa shape index (κ1) is 64.1. The number of aliphatic carboxylic acids is 4. The largest absolute Gasteiger partial charge is 0.490 e. The van der Waals surface area contributed by atoms with Gasteiger partial charge < -0.3 is 45.9 Å². The number of carbonyl (C=O) groups is 6. The molecule has 15 nitrogen and oxygen atoms in total. The fourth-order valence-corrected chi connectivity index (χ4v) is 12.4. The topological polar surface area (TPSA) is 238 Å². The van der Waals surface area contributed by atoms with Crippen molar-refractivity contribution in [2.24, 2.45) is 22.7 Å². The van der Waals surface area contributed by atoms with Crippen molar-refractivity contribution in [3.05, 3.63) is 58.7 Å². The molecule has 1 amide bonds. The molecule has 432 valence electrons. The highest BCUT2D eigenvalue weighted by Crippen LogP contribution is 2.59. The average molecular weight is 1100 g/mol. The number of unbranched alkanes of at least 4 members (excludes halogenated alkanes) is 7. The van der Waals surface area contributed by atoms with E-state index in [0.29, 0.717) is 37.3 Å². The Bertz CT molecular complexity index is 2170. The van der Waals surface area contributed by atoms with E-state index < -0.39 is 53.2 Å². The number of amides is 1. The maximum absolute atomic E-state index is 12.7. The second-order valence-corrected chi connectivity index (χ2v) is 22.0. The highest BCUT2D eigenvalue weighted by molar-refractivity contribution is 5.77. The molecule has 6 atom stereocenters. The maximum atomic E-state index is 12.7. The lowest BCUT2D eigenvalue weighted by Gasteiger charge is -2.53. The quantitative estimate of drug-likeness (QED) is 0.0237. The number of hydrogen-bond donors (Lipinski definition) is 7. The van der Waals surface area contributed by atoms with Crippen LogP contribution in [0.15, 0.2) is 36.4 Å². The van der Waals surface area contributed by atoms with Gasteiger partial charge >= 0.3 is 48.3 Å². The van der Waals surface area contributed by atoms with Gasteiger partial charge in [-0.3, -0.25) is 14.4 Å². The maximum Gasteiger partial charge on any atom is 0.490 e. The summed E-state index contributed by atoms with van der Waals surface area (Å²) in [6.07, 6.45) is 9.60. The van der Waals surface area contributed by atoms with Crippen LogP contribution >= 0.6 is 0 Å². The summed E-state index contributed by atoms with van der Waals surface area (Å²) < 4.78 is 74.9. The van der Waals surface area contributed by atoms with Crippen LogP contribution in [-0.4, -0.2) is 101 Å². The number of aryl methyl sites for hydroxylation is 2. The zero-order valence-electron chi connectivity index (χ0n) is 44.8. The van der Waals surface area contributed by atoms with Crippen molar-refractivity contribution in [1.82, 2.24) is 16.0 Å². The molecule has 21 heteroatoms. The van der Waals surface area contributed by atoms with Crippen molar-refractivity contribution in [3.8, 4) is 11.5 Å². The summed E-state index contributed by atoms with van der Waals surface area (Å²) in [4.78, 5) is 67.7. The molecule has 0 bridgehead atoms. The van der Waals surface area contributed by atoms with Crippen molar-refractivity contribution in [3.63, 3.8) is 0 Å². The van der Waals surface area contributed by atoms with Gasteiger partial charge in [0.05, 0.1) is 10.8 Å². The van der Waals surface area contributed by atoms with E-state index in [4.69, 9.17) is 29.3 Å². The van der Waals surface area contributed by atoms with Gasteiger partial charge in [0.2, 0.25) is 0 Å². The molecule has 0 aliphatic heterocycles. The summed E-state index contributed by atoms with van der Waals surface area (Å²) >= 11 is 0. The number of fused-ring (bicyclic) bond motifs is 6. The highest BCUT2D eigenvalue weighted by atomic mass is 19.4. The van der Waals surface area contributed by atoms with E-state index >= 15 is 0 Å². The van der Waals surface area contributed by atoms with E-state index in [-0.39, 0.29) is 28.6 Å². The Hall–Kier alpha value is -5.44. The molecule has 6 rings (SSSR count). The molecule has 0 spiro atoms. The fraction of sp³-hybridized carbons (Fsp3) is 0.679. The van der Waals surface area contributed by atoms with Crippen LogP contribution in [0.1, 0.15) is 172 Å². The minimum atomic E-state index is -5.08. The molecule has 4 aliphatic rings. The van der Waals surface area contributed by atoms with Gasteiger partial charge in [0, 0.05) is 13.0 Å². The normalized spacial score (nSPS) is 24.3. The van der Waals surface area contributed by atoms with Crippen molar-refractivity contribution < 1.29 is 85.0 Å². The molecule has 0 saturated heterocycles. The number of hydrogen-bond acceptors (Lipinski definition) is 10. The molecular weight excluding hydrogens is 1020 g/mol. The summed E-state index contributed by atoms with van der Waals surface area (Å²) in [7, 11) is 0. The number of esters is 1. The lowest BCUT2D eigenvalue weighted by molar-refractivity contribution is -0.193. The minimum absolute atomic E-state index is 0.0587. The van der Waals surface area contributed by atoms with Gasteiger partial charge in [-0.2, -0.15) is 26.3 Å². The first-order valence-corrected chi connectivity index (χ1v) is 27.0. The third-order valence-corrected chi connectivity index (χ3v) is 16.6. The van der Waals surface area contributed by atoms with E-state index in [9.17, 15) is 55.7 Å². The van der Waals surface area contributed by atoms with Gasteiger partial charge in [-0.1, -0.05) is 77.3 Å². The van der Waals surface area contributed by atoms with E-state index in [1.165, 1.54) is 49.7 Å². The van der Waals surface area contributed by atoms with Gasteiger partial charge in [0.1, 0.15) is 11.5 Å². The molecule has 0 aromatic heterocycles. The van der Waals surface area contributed by atoms with Crippen LogP contribution in [0.2, 0.25) is 0 Å². The van der Waals surface area contributed by atoms with Gasteiger partial charge in [-0.25, -0.2) is 14.4 Å². The number of ether oxygens (including phenoxy) is 2. The summed E-state index contributed by atoms with van der Waals surface area (Å²) in [5.41, 5.74) is 2.87. The molecule has 77 heavy (non-hydrogen) atoms. The van der Waals surface area contributed by atoms with Crippen LogP contribution in [0.25, 0.3) is 0 Å². The smallest absolute Gasteiger partial charge is 0.481 e. The van der Waals surface area contributed by atoms with Crippen LogP contribution in [0.3, 0.4) is 0 Å². The molecule has 2 aromatic rings. The Balaban J connectivity index is 0.000000805. The number of carboxylic acids is 4. The van der Waals surface area contributed by atoms with Crippen LogP contribution in [0, 0.1) is 22.7 Å². The number of carboxylic acid groups (broad SMARTS) is 4. The molecule has 0 heterocycles. The average Bonchev–Trinajstić information content (AvgIpc) is 3.38. The number of carbonyl (C=O) groups excluding carboxylic acids is 2. The Morgan fingerprint density at radius 1 is 0.532 bits per heavy atom. The number of benzene rings is 2. The summed E-state index contributed by atoms with van der Waals surface area (Å²) in [6.45, 7) is 12.4. The number of halogens is 6. The third kappa shape index (κ3) is 17.8. The molecule has 0 unspecified atom stereocenters. The number of rotatable bonds is 23. The zero-order valence-corrected chi connectivity index (χ0v) is 44.8. The van der Waals surface area contributed by atoms with Crippen LogP contribution in [-0.2, 0) is 47.6 Å². The monoisotopic (exact) mass is 1100 g/mol. The molecular formula is C56H79F6N3O12. The first-order chi connectivity index (χ1) is 36.1. The summed E-state index contributed by atoms with van der Waals surface area (Å²) in [5, 5.41) is 44.3. The van der Waals surface area contributed by atoms with E-state index in [1.807, 2.05) is 44.2 Å². The van der Waals surface area contributed by atoms with Gasteiger partial charge in [0.15, 0.2) is 0 Å². The van der Waals surface area contributed by atoms with E-state index in [2.05, 4.69) is 35.9 Å². The predicted molar refractivity (Wildman–Crippen MR) is 274 cm³/mol. The van der Waals surface area contributed by atoms with Crippen molar-refractivity contribution in [2.75, 3.05) is 32.7 Å². The molecule has 7 N–H and O–H groups in total. The fourth-order valence-electron chi connectivity index (χ4n) is 12.4. The van der Waals surface area contributed by atoms with E-state index in [1.54, 1.807) is 0 Å². The Morgan fingerprint density at radius 3 is 1.31 bits per heavy atom. The minimum Gasteiger partial charge on any atom is -0.481 e. The lowest BCUT2D eigenvalue weighted by atomic mass is 9.50. The van der Waals surface area contributed by atoms with Crippen molar-refractivity contribution in [1.29, 1.82) is 0 Å². The van der Waals surface area contributed by atoms with Crippen molar-refractivity contribution in [2.45, 2.75) is 186 Å². The number of alkyl halides is 6. The van der Waals surface area contributed by atoms with Crippen molar-refractivity contribution >= 4 is 35.9 Å². The molecule has 2 fully saturated rings. The third-order valence-electron chi connectivity index (χ3n) is 16.6. The first-order valence-electron chi connectivity index (χ1n) is 27.0. The highest BCUT2D eigenvalue weighted by Gasteiger charge is 2.56. The Kier molecular flexibility index (Phi) is 23.7. The van der Waals surface area contributed by atoms with Crippen LogP contribution in [0.5, 0.6) is 11.5 Å². The zero-order chi connectivity index (χ0) is 57.2. The number of nitrogens with one attached hydrogen (secondary N) is 3. The SMILES string of the molecule is C[C@]1(C(=O)O)CCC[C@]2(C)c3cc(OC(=O)CCCNCCCCCCCCCCNCCCNC(=O)Oc4ccc5c(c4)[C@@]4(C)CCC[C@](C)(C(=O)O)[C@@H]4CC5)ccc3CC[C@@H]12.O=C(O)C(F)(F)F.O=C(O)C(F)(F)F. The lowest BCUT2D eigenvalue weighted by Crippen LogP contribution is -2.52. The molecule has 2 aromatic carbocycles. The summed E-state index contributed by atoms with van der Waals surface area (Å²) in [5.74, 6) is -5.92. The Labute approximate surface area is 447 Å². The standard InChI is InChI=1S/C52H77N3O8.2C2HF3O2/c1-49-26-14-28-51(3,46(57)58)43(49)24-20-37-18-22-39(35-41(37)49)62-45(56)17-13-32-53-30-11-9-7-5-6-8-10-12-31-54-33-16-34-55-48(61)63-40-23-19-38-21-25-44-50(2,42(38)36-40)27-15-29-52(44,4)47(59)60;2*3-2(4,5)1(6)7/h18-19,22-23,35-36,43-44,53-54H,5-17,20-21,24-34H2,1-4H3,(H,55,61)(H,57,58)(H,59,60);2*(H,6,7)/t43-,44-,49-,50-,51+,52+;;/m1../s1. The Morgan fingerprint density at radius 2 is 0.909 bits per heavy atom. The molecule has 4 aliphatic carbocycles. The van der Waals surface area contributed by atoms with Gasteiger partial charge in [0.25, 0.3) is 0 Å². The summed E-state index contributed by atoms with van der Waals surface area (Å²) in [6, 6.07) is 11.9. The second kappa shape index (κ2) is 28.4. The van der Waals surface area contributed by atoms with Gasteiger partial charge in [-0.15, -0.1) is 0 Å². The molecule has 2 saturated carbocycles. The predicted octanol–water partition coefficient (Wildman–Crippen LogP) is 11.3. The second-order valence-electron chi connectivity index (χ2n) is 22.0. The van der Waals surface area contributed by atoms with Gasteiger partial charge in [-0.05, 0) is 186 Å². The van der Waals surface area contributed by atoms with Crippen LogP contribution in [0.4, 0.5) is 31.1 Å². The van der Waals surface area contributed by atoms with E-state index in [0.717, 1.165) is 114 Å².